The molecule has 0 amide bonds. The Bertz CT molecular complexity index is 1770. The van der Waals surface area contributed by atoms with Gasteiger partial charge in [0, 0.05) is 54.8 Å². The van der Waals surface area contributed by atoms with Crippen LogP contribution in [0.25, 0.3) is 17.4 Å². The number of Topliss-reactive ketones (excluding diaryl/α,β-unsaturated/α-hetero) is 1. The summed E-state index contributed by atoms with van der Waals surface area (Å²) in [6.45, 7) is 3.28. The van der Waals surface area contributed by atoms with Gasteiger partial charge in [0.1, 0.15) is 11.5 Å². The van der Waals surface area contributed by atoms with E-state index < -0.39 is 11.0 Å². The molecule has 0 bridgehead atoms. The van der Waals surface area contributed by atoms with Crippen LogP contribution < -0.4 is 19.8 Å². The second-order valence-corrected chi connectivity index (χ2v) is 10.1. The Morgan fingerprint density at radius 3 is 2.39 bits per heavy atom. The average Bonchev–Trinajstić information content (AvgIpc) is 3.47. The van der Waals surface area contributed by atoms with E-state index in [2.05, 4.69) is 4.99 Å². The number of carbonyl (C=O) groups is 1. The average molecular weight is 529 g/mol. The lowest BCUT2D eigenvalue weighted by Gasteiger charge is -2.25. The Labute approximate surface area is 221 Å². The molecule has 1 aliphatic rings. The van der Waals surface area contributed by atoms with Crippen LogP contribution in [0.1, 0.15) is 31.2 Å². The minimum atomic E-state index is -0.589. The number of allylic oxidation sites excluding steroid dienone is 2. The molecule has 1 aliphatic heterocycles. The van der Waals surface area contributed by atoms with Crippen molar-refractivity contribution in [1.82, 2.24) is 4.57 Å². The maximum absolute atomic E-state index is 13.7. The lowest BCUT2D eigenvalue weighted by atomic mass is 9.93. The maximum atomic E-state index is 13.7. The smallest absolute Gasteiger partial charge is 0.271 e. The third kappa shape index (κ3) is 4.50. The number of hydrogen-bond donors (Lipinski definition) is 0. The second kappa shape index (κ2) is 9.71. The quantitative estimate of drug-likeness (QED) is 0.276. The van der Waals surface area contributed by atoms with Gasteiger partial charge in [0.05, 0.1) is 15.5 Å². The highest BCUT2D eigenvalue weighted by Crippen LogP contribution is 2.31. The SMILES string of the molecule is CC(=O)C1=C(C)N=c2s/c(=C/c3ccc(-c4ccc([N+](=O)[O-])cc4)o3)c(=O)n2C1c1ccc(N(C)C)cc1. The van der Waals surface area contributed by atoms with Crippen molar-refractivity contribution in [3.63, 3.8) is 0 Å². The molecule has 0 spiro atoms. The normalized spacial score (nSPS) is 15.3. The monoisotopic (exact) mass is 528 g/mol. The van der Waals surface area contributed by atoms with E-state index in [-0.39, 0.29) is 17.0 Å². The summed E-state index contributed by atoms with van der Waals surface area (Å²) in [4.78, 5) is 43.9. The van der Waals surface area contributed by atoms with Gasteiger partial charge in [-0.3, -0.25) is 24.3 Å². The van der Waals surface area contributed by atoms with E-state index in [1.165, 1.54) is 30.4 Å². The van der Waals surface area contributed by atoms with Crippen LogP contribution in [0.4, 0.5) is 11.4 Å². The molecule has 1 unspecified atom stereocenters. The maximum Gasteiger partial charge on any atom is 0.271 e. The van der Waals surface area contributed by atoms with Gasteiger partial charge in [-0.15, -0.1) is 0 Å². The van der Waals surface area contributed by atoms with Crippen LogP contribution in [0.3, 0.4) is 0 Å². The molecule has 0 saturated heterocycles. The standard InChI is InChI=1S/C28H24N4O5S/c1-16-25(17(2)33)26(19-7-9-20(10-8-19)30(3)4)31-27(34)24(38-28(31)29-16)15-22-13-14-23(37-22)18-5-11-21(12-6-18)32(35)36/h5-15,26H,1-4H3/b24-15+. The molecule has 2 aromatic heterocycles. The lowest BCUT2D eigenvalue weighted by molar-refractivity contribution is -0.384. The largest absolute Gasteiger partial charge is 0.457 e. The number of nitro benzene ring substituents is 1. The van der Waals surface area contributed by atoms with Gasteiger partial charge in [-0.1, -0.05) is 23.5 Å². The van der Waals surface area contributed by atoms with E-state index in [9.17, 15) is 19.7 Å². The molecule has 10 heteroatoms. The zero-order valence-corrected chi connectivity index (χ0v) is 22.0. The number of hydrogen-bond acceptors (Lipinski definition) is 8. The van der Waals surface area contributed by atoms with Crippen molar-refractivity contribution in [3.05, 3.63) is 113 Å². The number of aromatic nitrogens is 1. The first-order valence-corrected chi connectivity index (χ1v) is 12.6. The molecule has 0 saturated carbocycles. The number of carbonyl (C=O) groups excluding carboxylic acids is 1. The van der Waals surface area contributed by atoms with Crippen molar-refractivity contribution in [1.29, 1.82) is 0 Å². The summed E-state index contributed by atoms with van der Waals surface area (Å²) in [6.07, 6.45) is 1.65. The highest BCUT2D eigenvalue weighted by Gasteiger charge is 2.30. The third-order valence-corrected chi connectivity index (χ3v) is 7.37. The number of anilines is 1. The van der Waals surface area contributed by atoms with E-state index in [1.54, 1.807) is 41.8 Å². The molecule has 1 atom stereocenters. The molecule has 0 N–H and O–H groups in total. The molecule has 4 aromatic rings. The molecule has 0 fully saturated rings. The van der Waals surface area contributed by atoms with Gasteiger partial charge >= 0.3 is 0 Å². The zero-order valence-electron chi connectivity index (χ0n) is 21.2. The van der Waals surface area contributed by atoms with Crippen molar-refractivity contribution in [3.8, 4) is 11.3 Å². The Kier molecular flexibility index (Phi) is 6.41. The molecule has 192 valence electrons. The topological polar surface area (TPSA) is 111 Å². The number of thiazole rings is 1. The highest BCUT2D eigenvalue weighted by molar-refractivity contribution is 7.07. The van der Waals surface area contributed by atoms with Crippen LogP contribution in [0, 0.1) is 10.1 Å². The summed E-state index contributed by atoms with van der Waals surface area (Å²) < 4.78 is 7.91. The minimum Gasteiger partial charge on any atom is -0.457 e. The van der Waals surface area contributed by atoms with E-state index in [4.69, 9.17) is 4.42 Å². The fraction of sp³-hybridized carbons (Fsp3) is 0.179. The van der Waals surface area contributed by atoms with E-state index in [0.717, 1.165) is 11.3 Å². The lowest BCUT2D eigenvalue weighted by Crippen LogP contribution is -2.39. The number of non-ortho nitro benzene ring substituents is 1. The number of benzene rings is 2. The van der Waals surface area contributed by atoms with E-state index >= 15 is 0 Å². The number of fused-ring (bicyclic) bond motifs is 1. The van der Waals surface area contributed by atoms with E-state index in [1.807, 2.05) is 43.3 Å². The third-order valence-electron chi connectivity index (χ3n) is 6.39. The number of nitro groups is 1. The summed E-state index contributed by atoms with van der Waals surface area (Å²) in [7, 11) is 3.90. The number of furan rings is 1. The van der Waals surface area contributed by atoms with Gasteiger partial charge in [0.15, 0.2) is 10.6 Å². The first-order chi connectivity index (χ1) is 18.1. The second-order valence-electron chi connectivity index (χ2n) is 9.13. The fourth-order valence-electron chi connectivity index (χ4n) is 4.50. The highest BCUT2D eigenvalue weighted by atomic mass is 32.1. The summed E-state index contributed by atoms with van der Waals surface area (Å²) >= 11 is 1.23. The van der Waals surface area contributed by atoms with Crippen molar-refractivity contribution in [2.75, 3.05) is 19.0 Å². The summed E-state index contributed by atoms with van der Waals surface area (Å²) in [5.74, 6) is 0.839. The predicted molar refractivity (Wildman–Crippen MR) is 146 cm³/mol. The fourth-order valence-corrected chi connectivity index (χ4v) is 5.53. The number of ketones is 1. The molecule has 0 aliphatic carbocycles. The summed E-state index contributed by atoms with van der Waals surface area (Å²) in [5, 5.41) is 10.9. The van der Waals surface area contributed by atoms with Crippen LogP contribution in [0.5, 0.6) is 0 Å². The molecule has 2 aromatic carbocycles. The Morgan fingerprint density at radius 1 is 1.11 bits per heavy atom. The van der Waals surface area contributed by atoms with Gasteiger partial charge in [0.2, 0.25) is 0 Å². The molecule has 5 rings (SSSR count). The van der Waals surface area contributed by atoms with Gasteiger partial charge in [-0.25, -0.2) is 4.99 Å². The van der Waals surface area contributed by atoms with Crippen LogP contribution in [-0.4, -0.2) is 29.4 Å². The van der Waals surface area contributed by atoms with Crippen LogP contribution >= 0.6 is 11.3 Å². The Morgan fingerprint density at radius 2 is 1.79 bits per heavy atom. The predicted octanol–water partition coefficient (Wildman–Crippen LogP) is 4.06. The number of rotatable bonds is 6. The van der Waals surface area contributed by atoms with Crippen molar-refractivity contribution >= 4 is 34.6 Å². The zero-order chi connectivity index (χ0) is 27.1. The number of nitrogens with zero attached hydrogens (tertiary/aromatic N) is 4. The van der Waals surface area contributed by atoms with Crippen molar-refractivity contribution in [2.45, 2.75) is 19.9 Å². The van der Waals surface area contributed by atoms with Gasteiger partial charge in [-0.2, -0.15) is 0 Å². The van der Waals surface area contributed by atoms with Crippen molar-refractivity contribution < 1.29 is 14.1 Å². The van der Waals surface area contributed by atoms with Gasteiger partial charge in [-0.05, 0) is 55.8 Å². The molecule has 3 heterocycles. The molecule has 38 heavy (non-hydrogen) atoms. The molecule has 9 nitrogen and oxygen atoms in total. The molecular weight excluding hydrogens is 504 g/mol. The Balaban J connectivity index is 1.58. The molecular formula is C28H24N4O5S. The van der Waals surface area contributed by atoms with Crippen LogP contribution in [0.15, 0.2) is 86.1 Å². The van der Waals surface area contributed by atoms with E-state index in [0.29, 0.717) is 37.7 Å². The molecule has 0 radical (unpaired) electrons. The first-order valence-electron chi connectivity index (χ1n) is 11.8. The van der Waals surface area contributed by atoms with Crippen LogP contribution in [-0.2, 0) is 4.79 Å². The first kappa shape index (κ1) is 25.1. The van der Waals surface area contributed by atoms with Crippen molar-refractivity contribution in [2.24, 2.45) is 4.99 Å². The summed E-state index contributed by atoms with van der Waals surface area (Å²) in [5.41, 5.74) is 3.31. The van der Waals surface area contributed by atoms with Gasteiger partial charge < -0.3 is 9.32 Å². The van der Waals surface area contributed by atoms with Gasteiger partial charge in [0.25, 0.3) is 11.2 Å². The Hall–Kier alpha value is -4.57. The minimum absolute atomic E-state index is 0.00669. The van der Waals surface area contributed by atoms with Crippen LogP contribution in [0.2, 0.25) is 0 Å². The summed E-state index contributed by atoms with van der Waals surface area (Å²) in [6, 6.07) is 16.7.